The molecule has 96 valence electrons. The van der Waals surface area contributed by atoms with Crippen LogP contribution in [0.15, 0.2) is 48.8 Å². The van der Waals surface area contributed by atoms with E-state index in [9.17, 15) is 0 Å². The average Bonchev–Trinajstić information content (AvgIpc) is 2.89. The normalized spacial score (nSPS) is 10.8. The molecule has 1 aromatic carbocycles. The number of aromatic nitrogens is 2. The van der Waals surface area contributed by atoms with Gasteiger partial charge in [0.15, 0.2) is 0 Å². The van der Waals surface area contributed by atoms with Crippen molar-refractivity contribution in [2.24, 2.45) is 0 Å². The lowest BCUT2D eigenvalue weighted by Crippen LogP contribution is -1.93. The van der Waals surface area contributed by atoms with Crippen LogP contribution in [-0.2, 0) is 6.42 Å². The van der Waals surface area contributed by atoms with Crippen LogP contribution in [0.2, 0.25) is 0 Å². The van der Waals surface area contributed by atoms with Crippen LogP contribution in [0.4, 0.5) is 0 Å². The van der Waals surface area contributed by atoms with Crippen molar-refractivity contribution in [1.29, 1.82) is 0 Å². The van der Waals surface area contributed by atoms with Gasteiger partial charge < -0.3 is 9.72 Å². The second-order valence-electron chi connectivity index (χ2n) is 4.51. The van der Waals surface area contributed by atoms with Gasteiger partial charge in [-0.2, -0.15) is 0 Å². The number of ether oxygens (including phenoxy) is 1. The molecule has 0 bridgehead atoms. The number of benzene rings is 1. The van der Waals surface area contributed by atoms with Crippen LogP contribution >= 0.6 is 0 Å². The SMILES string of the molecule is CCOc1ccc(Cc2cnc3[nH]ccc3c2)cc1. The molecule has 19 heavy (non-hydrogen) atoms. The Morgan fingerprint density at radius 1 is 1.11 bits per heavy atom. The molecule has 3 rings (SSSR count). The lowest BCUT2D eigenvalue weighted by molar-refractivity contribution is 0.340. The zero-order valence-electron chi connectivity index (χ0n) is 10.9. The molecular formula is C16H16N2O. The minimum Gasteiger partial charge on any atom is -0.494 e. The van der Waals surface area contributed by atoms with Gasteiger partial charge >= 0.3 is 0 Å². The summed E-state index contributed by atoms with van der Waals surface area (Å²) < 4.78 is 5.44. The summed E-state index contributed by atoms with van der Waals surface area (Å²) in [6.07, 6.45) is 4.73. The monoisotopic (exact) mass is 252 g/mol. The largest absolute Gasteiger partial charge is 0.494 e. The zero-order chi connectivity index (χ0) is 13.1. The van der Waals surface area contributed by atoms with Crippen LogP contribution in [0.3, 0.4) is 0 Å². The van der Waals surface area contributed by atoms with Gasteiger partial charge in [-0.25, -0.2) is 4.98 Å². The molecule has 3 heteroatoms. The number of H-pyrrole nitrogens is 1. The second-order valence-corrected chi connectivity index (χ2v) is 4.51. The first kappa shape index (κ1) is 11.8. The number of fused-ring (bicyclic) bond motifs is 1. The molecule has 0 amide bonds. The summed E-state index contributed by atoms with van der Waals surface area (Å²) in [5.41, 5.74) is 3.42. The highest BCUT2D eigenvalue weighted by molar-refractivity contribution is 5.75. The fourth-order valence-corrected chi connectivity index (χ4v) is 2.19. The first-order chi connectivity index (χ1) is 9.35. The third kappa shape index (κ3) is 2.60. The number of pyridine rings is 1. The molecule has 1 N–H and O–H groups in total. The van der Waals surface area contributed by atoms with Crippen LogP contribution in [0.1, 0.15) is 18.1 Å². The smallest absolute Gasteiger partial charge is 0.137 e. The number of hydrogen-bond donors (Lipinski definition) is 1. The van der Waals surface area contributed by atoms with E-state index in [1.54, 1.807) is 0 Å². The first-order valence-corrected chi connectivity index (χ1v) is 6.49. The van der Waals surface area contributed by atoms with Gasteiger partial charge in [-0.05, 0) is 48.7 Å². The van der Waals surface area contributed by atoms with Gasteiger partial charge in [0, 0.05) is 17.8 Å². The lowest BCUT2D eigenvalue weighted by atomic mass is 10.1. The predicted octanol–water partition coefficient (Wildman–Crippen LogP) is 3.55. The Morgan fingerprint density at radius 3 is 2.74 bits per heavy atom. The van der Waals surface area contributed by atoms with E-state index in [1.807, 2.05) is 37.5 Å². The Balaban J connectivity index is 1.79. The van der Waals surface area contributed by atoms with Gasteiger partial charge in [-0.1, -0.05) is 12.1 Å². The van der Waals surface area contributed by atoms with E-state index in [2.05, 4.69) is 28.2 Å². The van der Waals surface area contributed by atoms with Gasteiger partial charge in [0.1, 0.15) is 11.4 Å². The van der Waals surface area contributed by atoms with E-state index in [0.29, 0.717) is 6.61 Å². The molecule has 0 fully saturated rings. The lowest BCUT2D eigenvalue weighted by Gasteiger charge is -2.05. The number of hydrogen-bond acceptors (Lipinski definition) is 2. The van der Waals surface area contributed by atoms with Crippen molar-refractivity contribution in [2.45, 2.75) is 13.3 Å². The highest BCUT2D eigenvalue weighted by Gasteiger charge is 2.01. The Bertz CT molecular complexity index is 671. The van der Waals surface area contributed by atoms with E-state index in [-0.39, 0.29) is 0 Å². The van der Waals surface area contributed by atoms with Gasteiger partial charge in [0.05, 0.1) is 6.61 Å². The van der Waals surface area contributed by atoms with Crippen molar-refractivity contribution in [3.05, 3.63) is 59.9 Å². The predicted molar refractivity (Wildman–Crippen MR) is 76.5 cm³/mol. The van der Waals surface area contributed by atoms with Crippen LogP contribution < -0.4 is 4.74 Å². The Morgan fingerprint density at radius 2 is 1.95 bits per heavy atom. The molecule has 2 heterocycles. The molecule has 0 unspecified atom stereocenters. The Labute approximate surface area is 112 Å². The van der Waals surface area contributed by atoms with Crippen LogP contribution in [0.5, 0.6) is 5.75 Å². The summed E-state index contributed by atoms with van der Waals surface area (Å²) in [5.74, 6) is 0.922. The average molecular weight is 252 g/mol. The van der Waals surface area contributed by atoms with E-state index < -0.39 is 0 Å². The van der Waals surface area contributed by atoms with Gasteiger partial charge in [-0.15, -0.1) is 0 Å². The molecule has 0 saturated carbocycles. The molecule has 2 aromatic heterocycles. The summed E-state index contributed by atoms with van der Waals surface area (Å²) in [6.45, 7) is 2.69. The summed E-state index contributed by atoms with van der Waals surface area (Å²) in [5, 5.41) is 1.16. The van der Waals surface area contributed by atoms with Gasteiger partial charge in [0.25, 0.3) is 0 Å². The summed E-state index contributed by atoms with van der Waals surface area (Å²) in [6, 6.07) is 12.5. The van der Waals surface area contributed by atoms with Gasteiger partial charge in [-0.3, -0.25) is 0 Å². The molecule has 0 aliphatic carbocycles. The summed E-state index contributed by atoms with van der Waals surface area (Å²) >= 11 is 0. The van der Waals surface area contributed by atoms with Crippen LogP contribution in [-0.4, -0.2) is 16.6 Å². The van der Waals surface area contributed by atoms with E-state index >= 15 is 0 Å². The topological polar surface area (TPSA) is 37.9 Å². The summed E-state index contributed by atoms with van der Waals surface area (Å²) in [4.78, 5) is 7.51. The maximum atomic E-state index is 5.44. The molecule has 3 aromatic rings. The molecule has 0 saturated heterocycles. The molecule has 0 aliphatic rings. The van der Waals surface area contributed by atoms with Crippen LogP contribution in [0, 0.1) is 0 Å². The zero-order valence-corrected chi connectivity index (χ0v) is 10.9. The number of nitrogens with zero attached hydrogens (tertiary/aromatic N) is 1. The minimum atomic E-state index is 0.702. The highest BCUT2D eigenvalue weighted by Crippen LogP contribution is 2.17. The maximum absolute atomic E-state index is 5.44. The van der Waals surface area contributed by atoms with E-state index in [4.69, 9.17) is 4.74 Å². The van der Waals surface area contributed by atoms with Crippen molar-refractivity contribution in [3.8, 4) is 5.75 Å². The van der Waals surface area contributed by atoms with Gasteiger partial charge in [0.2, 0.25) is 0 Å². The standard InChI is InChI=1S/C16H16N2O/c1-2-19-15-5-3-12(4-6-15)9-13-10-14-7-8-17-16(14)18-11-13/h3-8,10-11H,2,9H2,1H3,(H,17,18). The third-order valence-electron chi connectivity index (χ3n) is 3.10. The number of aromatic amines is 1. The second kappa shape index (κ2) is 5.14. The molecule has 0 aliphatic heterocycles. The number of rotatable bonds is 4. The van der Waals surface area contributed by atoms with E-state index in [1.165, 1.54) is 11.1 Å². The quantitative estimate of drug-likeness (QED) is 0.771. The van der Waals surface area contributed by atoms with Crippen molar-refractivity contribution in [3.63, 3.8) is 0 Å². The summed E-state index contributed by atoms with van der Waals surface area (Å²) in [7, 11) is 0. The number of nitrogens with one attached hydrogen (secondary N) is 1. The van der Waals surface area contributed by atoms with Crippen molar-refractivity contribution >= 4 is 11.0 Å². The first-order valence-electron chi connectivity index (χ1n) is 6.49. The molecule has 0 spiro atoms. The fourth-order valence-electron chi connectivity index (χ4n) is 2.19. The van der Waals surface area contributed by atoms with Crippen molar-refractivity contribution < 1.29 is 4.74 Å². The van der Waals surface area contributed by atoms with E-state index in [0.717, 1.165) is 23.2 Å². The molecular weight excluding hydrogens is 236 g/mol. The Kier molecular flexibility index (Phi) is 3.19. The molecule has 0 radical (unpaired) electrons. The fraction of sp³-hybridized carbons (Fsp3) is 0.188. The third-order valence-corrected chi connectivity index (χ3v) is 3.10. The van der Waals surface area contributed by atoms with Crippen LogP contribution in [0.25, 0.3) is 11.0 Å². The molecule has 3 nitrogen and oxygen atoms in total. The maximum Gasteiger partial charge on any atom is 0.137 e. The van der Waals surface area contributed by atoms with Crippen molar-refractivity contribution in [2.75, 3.05) is 6.61 Å². The highest BCUT2D eigenvalue weighted by atomic mass is 16.5. The molecule has 0 atom stereocenters. The Hall–Kier alpha value is -2.29. The minimum absolute atomic E-state index is 0.702. The van der Waals surface area contributed by atoms with Crippen molar-refractivity contribution in [1.82, 2.24) is 9.97 Å².